The predicted molar refractivity (Wildman–Crippen MR) is 57.4 cm³/mol. The van der Waals surface area contributed by atoms with Crippen LogP contribution < -0.4 is 0 Å². The Morgan fingerprint density at radius 3 is 2.69 bits per heavy atom. The Balaban J connectivity index is 2.36. The van der Waals surface area contributed by atoms with Crippen molar-refractivity contribution in [3.63, 3.8) is 0 Å². The molecule has 1 aliphatic rings. The summed E-state index contributed by atoms with van der Waals surface area (Å²) in [4.78, 5) is 12.1. The Labute approximate surface area is 93.7 Å². The van der Waals surface area contributed by atoms with Crippen LogP contribution in [-0.4, -0.2) is 5.78 Å². The molecule has 16 heavy (non-hydrogen) atoms. The van der Waals surface area contributed by atoms with Gasteiger partial charge in [0.1, 0.15) is 11.9 Å². The lowest BCUT2D eigenvalue weighted by Gasteiger charge is -2.09. The molecule has 0 amide bonds. The van der Waals surface area contributed by atoms with E-state index in [2.05, 4.69) is 0 Å². The summed E-state index contributed by atoms with van der Waals surface area (Å²) in [7, 11) is 0. The minimum Gasteiger partial charge on any atom is -0.294 e. The maximum atomic E-state index is 13.3. The van der Waals surface area contributed by atoms with E-state index in [9.17, 15) is 9.18 Å². The molecule has 1 aromatic rings. The van der Waals surface area contributed by atoms with Crippen LogP contribution in [0.4, 0.5) is 4.39 Å². The van der Waals surface area contributed by atoms with E-state index in [0.29, 0.717) is 0 Å². The summed E-state index contributed by atoms with van der Waals surface area (Å²) in [5.41, 5.74) is 0.133. The first-order valence-corrected chi connectivity index (χ1v) is 5.47. The van der Waals surface area contributed by atoms with Gasteiger partial charge in [-0.2, -0.15) is 5.26 Å². The SMILES string of the molecule is N#Cc1c(F)cccc1C(=O)C1CCCC1. The number of Topliss-reactive ketones (excluding diaryl/α,β-unsaturated/α-hetero) is 1. The van der Waals surface area contributed by atoms with E-state index in [4.69, 9.17) is 5.26 Å². The average molecular weight is 217 g/mol. The van der Waals surface area contributed by atoms with Crippen LogP contribution >= 0.6 is 0 Å². The van der Waals surface area contributed by atoms with Crippen LogP contribution in [0.5, 0.6) is 0 Å². The van der Waals surface area contributed by atoms with Gasteiger partial charge >= 0.3 is 0 Å². The third-order valence-corrected chi connectivity index (χ3v) is 3.12. The van der Waals surface area contributed by atoms with Gasteiger partial charge in [0.2, 0.25) is 0 Å². The van der Waals surface area contributed by atoms with E-state index >= 15 is 0 Å². The first-order chi connectivity index (χ1) is 7.74. The zero-order valence-corrected chi connectivity index (χ0v) is 8.87. The van der Waals surface area contributed by atoms with Crippen molar-refractivity contribution in [1.82, 2.24) is 0 Å². The number of hydrogen-bond acceptors (Lipinski definition) is 2. The zero-order chi connectivity index (χ0) is 11.5. The van der Waals surface area contributed by atoms with E-state index in [1.165, 1.54) is 12.1 Å². The van der Waals surface area contributed by atoms with Crippen molar-refractivity contribution >= 4 is 5.78 Å². The molecule has 0 aliphatic heterocycles. The number of nitrogens with zero attached hydrogens (tertiary/aromatic N) is 1. The molecule has 3 heteroatoms. The first-order valence-electron chi connectivity index (χ1n) is 5.47. The highest BCUT2D eigenvalue weighted by Crippen LogP contribution is 2.29. The molecule has 0 bridgehead atoms. The topological polar surface area (TPSA) is 40.9 Å². The fourth-order valence-electron chi connectivity index (χ4n) is 2.25. The van der Waals surface area contributed by atoms with E-state index in [-0.39, 0.29) is 22.8 Å². The molecule has 1 saturated carbocycles. The van der Waals surface area contributed by atoms with Gasteiger partial charge in [-0.05, 0) is 25.0 Å². The minimum absolute atomic E-state index is 0.0195. The van der Waals surface area contributed by atoms with Crippen molar-refractivity contribution in [2.24, 2.45) is 5.92 Å². The number of carbonyl (C=O) groups is 1. The van der Waals surface area contributed by atoms with Gasteiger partial charge in [0.25, 0.3) is 0 Å². The van der Waals surface area contributed by atoms with E-state index in [0.717, 1.165) is 25.7 Å². The summed E-state index contributed by atoms with van der Waals surface area (Å²) in [6.45, 7) is 0. The number of ketones is 1. The number of rotatable bonds is 2. The molecule has 1 fully saturated rings. The zero-order valence-electron chi connectivity index (χ0n) is 8.87. The number of hydrogen-bond donors (Lipinski definition) is 0. The highest BCUT2D eigenvalue weighted by atomic mass is 19.1. The fraction of sp³-hybridized carbons (Fsp3) is 0.385. The Morgan fingerprint density at radius 2 is 2.06 bits per heavy atom. The van der Waals surface area contributed by atoms with Crippen LogP contribution in [0.2, 0.25) is 0 Å². The molecule has 0 spiro atoms. The van der Waals surface area contributed by atoms with Gasteiger partial charge in [0.15, 0.2) is 5.78 Å². The van der Waals surface area contributed by atoms with Crippen molar-refractivity contribution < 1.29 is 9.18 Å². The van der Waals surface area contributed by atoms with Gasteiger partial charge in [-0.1, -0.05) is 18.9 Å². The molecule has 2 nitrogen and oxygen atoms in total. The van der Waals surface area contributed by atoms with Crippen LogP contribution in [0, 0.1) is 23.1 Å². The summed E-state index contributed by atoms with van der Waals surface area (Å²) in [5.74, 6) is -0.700. The second-order valence-electron chi connectivity index (χ2n) is 4.12. The molecule has 0 heterocycles. The molecule has 0 N–H and O–H groups in total. The quantitative estimate of drug-likeness (QED) is 0.714. The summed E-state index contributed by atoms with van der Waals surface area (Å²) in [6.07, 6.45) is 3.82. The smallest absolute Gasteiger partial charge is 0.167 e. The molecule has 0 aromatic heterocycles. The Kier molecular flexibility index (Phi) is 3.00. The Bertz CT molecular complexity index is 455. The second-order valence-corrected chi connectivity index (χ2v) is 4.12. The van der Waals surface area contributed by atoms with Crippen LogP contribution in [0.1, 0.15) is 41.6 Å². The monoisotopic (exact) mass is 217 g/mol. The molecule has 0 saturated heterocycles. The number of nitriles is 1. The van der Waals surface area contributed by atoms with Gasteiger partial charge in [-0.15, -0.1) is 0 Å². The molecule has 1 aliphatic carbocycles. The maximum absolute atomic E-state index is 13.3. The maximum Gasteiger partial charge on any atom is 0.167 e. The van der Waals surface area contributed by atoms with Crippen LogP contribution in [-0.2, 0) is 0 Å². The van der Waals surface area contributed by atoms with Gasteiger partial charge in [-0.25, -0.2) is 4.39 Å². The first kappa shape index (κ1) is 10.8. The van der Waals surface area contributed by atoms with Crippen LogP contribution in [0.3, 0.4) is 0 Å². The molecule has 0 atom stereocenters. The van der Waals surface area contributed by atoms with Crippen LogP contribution in [0.25, 0.3) is 0 Å². The lowest BCUT2D eigenvalue weighted by molar-refractivity contribution is 0.0922. The van der Waals surface area contributed by atoms with Crippen molar-refractivity contribution in [2.75, 3.05) is 0 Å². The Morgan fingerprint density at radius 1 is 1.38 bits per heavy atom. The summed E-state index contributed by atoms with van der Waals surface area (Å²) in [5, 5.41) is 8.85. The molecular weight excluding hydrogens is 205 g/mol. The van der Waals surface area contributed by atoms with E-state index in [1.54, 1.807) is 12.1 Å². The highest BCUT2D eigenvalue weighted by molar-refractivity contribution is 6.00. The van der Waals surface area contributed by atoms with E-state index < -0.39 is 5.82 Å². The van der Waals surface area contributed by atoms with Gasteiger partial charge in [-0.3, -0.25) is 4.79 Å². The van der Waals surface area contributed by atoms with Gasteiger partial charge in [0.05, 0.1) is 5.56 Å². The van der Waals surface area contributed by atoms with Crippen molar-refractivity contribution in [3.05, 3.63) is 35.1 Å². The second kappa shape index (κ2) is 4.44. The number of halogens is 1. The summed E-state index contributed by atoms with van der Waals surface area (Å²) >= 11 is 0. The lowest BCUT2D eigenvalue weighted by atomic mass is 9.93. The molecule has 0 radical (unpaired) electrons. The summed E-state index contributed by atoms with van der Waals surface area (Å²) in [6, 6.07) is 6.01. The highest BCUT2D eigenvalue weighted by Gasteiger charge is 2.26. The van der Waals surface area contributed by atoms with Gasteiger partial charge in [0, 0.05) is 11.5 Å². The van der Waals surface area contributed by atoms with E-state index in [1.807, 2.05) is 0 Å². The molecule has 1 aromatic carbocycles. The van der Waals surface area contributed by atoms with Crippen molar-refractivity contribution in [1.29, 1.82) is 5.26 Å². The molecule has 0 unspecified atom stereocenters. The predicted octanol–water partition coefficient (Wildman–Crippen LogP) is 3.07. The van der Waals surface area contributed by atoms with Crippen molar-refractivity contribution in [2.45, 2.75) is 25.7 Å². The standard InChI is InChI=1S/C13H12FNO/c14-12-7-3-6-10(11(12)8-15)13(16)9-4-1-2-5-9/h3,6-7,9H,1-2,4-5H2. The Hall–Kier alpha value is -1.69. The van der Waals surface area contributed by atoms with Crippen molar-refractivity contribution in [3.8, 4) is 6.07 Å². The summed E-state index contributed by atoms with van der Waals surface area (Å²) < 4.78 is 13.3. The number of carbonyl (C=O) groups excluding carboxylic acids is 1. The normalized spacial score (nSPS) is 16.0. The number of benzene rings is 1. The molecular formula is C13H12FNO. The third kappa shape index (κ3) is 1.83. The minimum atomic E-state index is -0.605. The molecule has 82 valence electrons. The fourth-order valence-corrected chi connectivity index (χ4v) is 2.25. The average Bonchev–Trinajstić information content (AvgIpc) is 2.81. The molecule has 2 rings (SSSR count). The van der Waals surface area contributed by atoms with Crippen LogP contribution in [0.15, 0.2) is 18.2 Å². The van der Waals surface area contributed by atoms with Gasteiger partial charge < -0.3 is 0 Å². The lowest BCUT2D eigenvalue weighted by Crippen LogP contribution is -2.13. The third-order valence-electron chi connectivity index (χ3n) is 3.12. The largest absolute Gasteiger partial charge is 0.294 e.